The highest BCUT2D eigenvalue weighted by Crippen LogP contribution is 2.45. The lowest BCUT2D eigenvalue weighted by atomic mass is 9.69. The molecule has 0 fully saturated rings. The molecule has 0 aliphatic rings. The number of nitrogens with two attached hydrogens (primary N) is 1. The Morgan fingerprint density at radius 1 is 1.24 bits per heavy atom. The van der Waals surface area contributed by atoms with Crippen molar-refractivity contribution in [3.05, 3.63) is 58.1 Å². The molecule has 0 saturated carbocycles. The van der Waals surface area contributed by atoms with Crippen molar-refractivity contribution in [3.8, 4) is 0 Å². The van der Waals surface area contributed by atoms with Gasteiger partial charge in [-0.1, -0.05) is 31.2 Å². The van der Waals surface area contributed by atoms with Crippen molar-refractivity contribution in [3.63, 3.8) is 0 Å². The number of aryl methyl sites for hydroxylation is 1. The fourth-order valence-electron chi connectivity index (χ4n) is 4.15. The number of esters is 1. The van der Waals surface area contributed by atoms with E-state index in [9.17, 15) is 9.90 Å². The van der Waals surface area contributed by atoms with Gasteiger partial charge in [0, 0.05) is 13.0 Å². The number of methoxy groups -OCH3 is 1. The molecule has 2 unspecified atom stereocenters. The second kappa shape index (κ2) is 8.87. The first kappa shape index (κ1) is 22.8. The van der Waals surface area contributed by atoms with Crippen molar-refractivity contribution in [1.82, 2.24) is 0 Å². The van der Waals surface area contributed by atoms with E-state index in [4.69, 9.17) is 10.5 Å². The lowest BCUT2D eigenvalue weighted by Crippen LogP contribution is -2.34. The summed E-state index contributed by atoms with van der Waals surface area (Å²) in [6.07, 6.45) is 0.235. The average Bonchev–Trinajstić information content (AvgIpc) is 2.70. The Balaban J connectivity index is 2.79. The van der Waals surface area contributed by atoms with Gasteiger partial charge in [-0.15, -0.1) is 0 Å². The molecule has 0 heterocycles. The van der Waals surface area contributed by atoms with E-state index in [0.717, 1.165) is 39.9 Å². The molecule has 0 saturated heterocycles. The summed E-state index contributed by atoms with van der Waals surface area (Å²) in [5.41, 5.74) is 11.9. The molecule has 0 amide bonds. The maximum atomic E-state index is 12.8. The van der Waals surface area contributed by atoms with E-state index in [1.165, 1.54) is 7.11 Å². The molecule has 0 radical (unpaired) electrons. The van der Waals surface area contributed by atoms with Gasteiger partial charge in [0.05, 0.1) is 30.0 Å². The van der Waals surface area contributed by atoms with E-state index in [1.54, 1.807) is 6.92 Å². The Labute approximate surface area is 174 Å². The summed E-state index contributed by atoms with van der Waals surface area (Å²) in [7, 11) is 3.24. The number of benzene rings is 2. The summed E-state index contributed by atoms with van der Waals surface area (Å²) in [6.45, 7) is 9.59. The minimum absolute atomic E-state index is 0.286. The number of nitrogen functional groups attached to an aromatic ring is 1. The molecular formula is C24H34N2O3. The van der Waals surface area contributed by atoms with Crippen LogP contribution in [0.2, 0.25) is 0 Å². The second-order valence-electron chi connectivity index (χ2n) is 8.13. The van der Waals surface area contributed by atoms with E-state index < -0.39 is 11.5 Å². The minimum Gasteiger partial charge on any atom is -0.469 e. The Kier molecular flexibility index (Phi) is 6.96. The van der Waals surface area contributed by atoms with Crippen molar-refractivity contribution in [1.29, 1.82) is 0 Å². The maximum absolute atomic E-state index is 12.8. The summed E-state index contributed by atoms with van der Waals surface area (Å²) in [6, 6.07) is 10.1. The van der Waals surface area contributed by atoms with E-state index in [1.807, 2.05) is 58.2 Å². The van der Waals surface area contributed by atoms with E-state index in [2.05, 4.69) is 12.2 Å². The van der Waals surface area contributed by atoms with Crippen LogP contribution in [0.15, 0.2) is 30.3 Å². The summed E-state index contributed by atoms with van der Waals surface area (Å²) in [5.74, 6) is -0.581. The predicted molar refractivity (Wildman–Crippen MR) is 119 cm³/mol. The van der Waals surface area contributed by atoms with Crippen LogP contribution in [-0.4, -0.2) is 25.2 Å². The molecule has 0 aliphatic carbocycles. The van der Waals surface area contributed by atoms with Crippen LogP contribution in [0.5, 0.6) is 0 Å². The molecule has 0 bridgehead atoms. The second-order valence-corrected chi connectivity index (χ2v) is 8.13. The first-order chi connectivity index (χ1) is 13.6. The Hall–Kier alpha value is -2.53. The van der Waals surface area contributed by atoms with Crippen molar-refractivity contribution < 1.29 is 14.6 Å². The van der Waals surface area contributed by atoms with Crippen molar-refractivity contribution in [2.24, 2.45) is 5.41 Å². The maximum Gasteiger partial charge on any atom is 0.312 e. The summed E-state index contributed by atoms with van der Waals surface area (Å²) in [5, 5.41) is 13.4. The topological polar surface area (TPSA) is 84.6 Å². The van der Waals surface area contributed by atoms with E-state index >= 15 is 0 Å². The zero-order valence-electron chi connectivity index (χ0n) is 18.6. The lowest BCUT2D eigenvalue weighted by molar-refractivity contribution is -0.151. The number of carbonyl (C=O) groups excluding carboxylic acids is 1. The molecule has 5 heteroatoms. The molecule has 158 valence electrons. The van der Waals surface area contributed by atoms with Crippen LogP contribution in [0, 0.1) is 12.3 Å². The number of anilines is 2. The predicted octanol–water partition coefficient (Wildman–Crippen LogP) is 4.57. The van der Waals surface area contributed by atoms with Crippen molar-refractivity contribution in [2.75, 3.05) is 25.2 Å². The Morgan fingerprint density at radius 2 is 1.90 bits per heavy atom. The van der Waals surface area contributed by atoms with Gasteiger partial charge < -0.3 is 20.9 Å². The van der Waals surface area contributed by atoms with Gasteiger partial charge in [0.1, 0.15) is 0 Å². The van der Waals surface area contributed by atoms with Gasteiger partial charge in [-0.2, -0.15) is 0 Å². The monoisotopic (exact) mass is 398 g/mol. The van der Waals surface area contributed by atoms with Gasteiger partial charge in [0.2, 0.25) is 0 Å². The number of hydrogen-bond acceptors (Lipinski definition) is 5. The summed E-state index contributed by atoms with van der Waals surface area (Å²) < 4.78 is 5.14. The normalized spacial score (nSPS) is 13.7. The van der Waals surface area contributed by atoms with Crippen LogP contribution in [0.3, 0.4) is 0 Å². The van der Waals surface area contributed by atoms with Crippen molar-refractivity contribution >= 4 is 17.3 Å². The largest absolute Gasteiger partial charge is 0.469 e. The fourth-order valence-corrected chi connectivity index (χ4v) is 4.15. The molecule has 0 aliphatic heterocycles. The molecule has 2 atom stereocenters. The number of aliphatic hydroxyl groups is 1. The fraction of sp³-hybridized carbons (Fsp3) is 0.458. The van der Waals surface area contributed by atoms with Crippen molar-refractivity contribution in [2.45, 2.75) is 53.1 Å². The van der Waals surface area contributed by atoms with Gasteiger partial charge in [-0.25, -0.2) is 0 Å². The third-order valence-corrected chi connectivity index (χ3v) is 5.90. The first-order valence-electron chi connectivity index (χ1n) is 10.1. The molecular weight excluding hydrogens is 364 g/mol. The highest BCUT2D eigenvalue weighted by molar-refractivity contribution is 5.79. The van der Waals surface area contributed by atoms with Crippen LogP contribution < -0.4 is 11.1 Å². The quantitative estimate of drug-likeness (QED) is 0.470. The van der Waals surface area contributed by atoms with E-state index in [0.29, 0.717) is 5.69 Å². The number of carbonyl (C=O) groups is 1. The Morgan fingerprint density at radius 3 is 2.41 bits per heavy atom. The first-order valence-corrected chi connectivity index (χ1v) is 10.1. The number of nitrogens with one attached hydrogen (secondary N) is 1. The van der Waals surface area contributed by atoms with Crippen LogP contribution in [0.25, 0.3) is 0 Å². The van der Waals surface area contributed by atoms with Crippen LogP contribution in [0.1, 0.15) is 67.5 Å². The molecule has 2 aromatic rings. The SMILES string of the molecule is CCc1ccc(C(c2ccc(NC)c(N)c2C)C(C)(C)C(=O)OC)cc1C(C)O. The zero-order chi connectivity index (χ0) is 21.9. The highest BCUT2D eigenvalue weighted by Gasteiger charge is 2.41. The third-order valence-electron chi connectivity index (χ3n) is 5.90. The lowest BCUT2D eigenvalue weighted by Gasteiger charge is -2.34. The summed E-state index contributed by atoms with van der Waals surface area (Å²) in [4.78, 5) is 12.8. The van der Waals surface area contributed by atoms with Gasteiger partial charge in [0.25, 0.3) is 0 Å². The van der Waals surface area contributed by atoms with Crippen LogP contribution in [-0.2, 0) is 16.0 Å². The molecule has 0 aromatic heterocycles. The Bertz CT molecular complexity index is 888. The van der Waals surface area contributed by atoms with Gasteiger partial charge in [-0.05, 0) is 68.0 Å². The number of rotatable bonds is 7. The standard InChI is InChI=1S/C24H34N2O3/c1-8-16-9-10-17(13-19(16)15(3)27)21(24(4,5)23(28)29-7)18-11-12-20(26-6)22(25)14(18)2/h9-13,15,21,26-27H,8,25H2,1-7H3. The highest BCUT2D eigenvalue weighted by atomic mass is 16.5. The number of ether oxygens (including phenoxy) is 1. The minimum atomic E-state index is -0.837. The number of aliphatic hydroxyl groups excluding tert-OH is 1. The summed E-state index contributed by atoms with van der Waals surface area (Å²) >= 11 is 0. The third kappa shape index (κ3) is 4.25. The van der Waals surface area contributed by atoms with Crippen LogP contribution in [0.4, 0.5) is 11.4 Å². The molecule has 29 heavy (non-hydrogen) atoms. The van der Waals surface area contributed by atoms with Crippen LogP contribution >= 0.6 is 0 Å². The molecule has 0 spiro atoms. The average molecular weight is 399 g/mol. The van der Waals surface area contributed by atoms with Gasteiger partial charge in [0.15, 0.2) is 0 Å². The molecule has 5 nitrogen and oxygen atoms in total. The smallest absolute Gasteiger partial charge is 0.312 e. The molecule has 2 rings (SSSR count). The van der Waals surface area contributed by atoms with Gasteiger partial charge >= 0.3 is 5.97 Å². The number of hydrogen-bond donors (Lipinski definition) is 3. The zero-order valence-corrected chi connectivity index (χ0v) is 18.6. The molecule has 4 N–H and O–H groups in total. The van der Waals surface area contributed by atoms with E-state index in [-0.39, 0.29) is 11.9 Å². The van der Waals surface area contributed by atoms with Gasteiger partial charge in [-0.3, -0.25) is 4.79 Å². The molecule has 2 aromatic carbocycles.